The summed E-state index contributed by atoms with van der Waals surface area (Å²) < 4.78 is 18.8. The van der Waals surface area contributed by atoms with Crippen molar-refractivity contribution in [1.82, 2.24) is 15.1 Å². The highest BCUT2D eigenvalue weighted by atomic mass is 35.5. The van der Waals surface area contributed by atoms with Gasteiger partial charge in [0, 0.05) is 25.2 Å². The van der Waals surface area contributed by atoms with Gasteiger partial charge in [-0.25, -0.2) is 4.39 Å². The maximum atomic E-state index is 13.4. The summed E-state index contributed by atoms with van der Waals surface area (Å²) in [6.45, 7) is 4.67. The van der Waals surface area contributed by atoms with Gasteiger partial charge in [0.15, 0.2) is 0 Å². The highest BCUT2D eigenvalue weighted by Gasteiger charge is 2.36. The summed E-state index contributed by atoms with van der Waals surface area (Å²) in [5.74, 6) is -1.64. The zero-order valence-electron chi connectivity index (χ0n) is 17.5. The number of hydrogen-bond donors (Lipinski definition) is 1. The number of carbonyl (C=O) groups is 3. The van der Waals surface area contributed by atoms with Crippen molar-refractivity contribution in [3.05, 3.63) is 70.5 Å². The summed E-state index contributed by atoms with van der Waals surface area (Å²) in [5, 5.41) is 2.86. The van der Waals surface area contributed by atoms with E-state index in [9.17, 15) is 18.8 Å². The lowest BCUT2D eigenvalue weighted by Crippen LogP contribution is -2.38. The largest absolute Gasteiger partial charge is 0.379 e. The van der Waals surface area contributed by atoms with Crippen molar-refractivity contribution in [2.45, 2.75) is 13.0 Å². The number of rotatable bonds is 7. The van der Waals surface area contributed by atoms with E-state index in [1.165, 1.54) is 30.3 Å². The zero-order valence-corrected chi connectivity index (χ0v) is 18.3. The molecule has 0 atom stereocenters. The highest BCUT2D eigenvalue weighted by molar-refractivity contribution is 6.22. The Balaban J connectivity index is 0.00000289. The number of halogens is 2. The molecule has 0 aliphatic carbocycles. The Hall–Kier alpha value is -2.81. The monoisotopic (exact) mass is 461 g/mol. The van der Waals surface area contributed by atoms with Crippen LogP contribution in [0.4, 0.5) is 4.39 Å². The normalized spacial score (nSPS) is 16.0. The number of morpholine rings is 1. The molecule has 0 saturated carbocycles. The Labute approximate surface area is 191 Å². The van der Waals surface area contributed by atoms with E-state index in [0.717, 1.165) is 44.2 Å². The Kier molecular flexibility index (Phi) is 7.95. The molecule has 9 heteroatoms. The molecule has 2 aliphatic rings. The summed E-state index contributed by atoms with van der Waals surface area (Å²) in [6, 6.07) is 10.3. The van der Waals surface area contributed by atoms with Crippen LogP contribution in [0.15, 0.2) is 42.5 Å². The second kappa shape index (κ2) is 10.7. The minimum absolute atomic E-state index is 0. The first-order valence-corrected chi connectivity index (χ1v) is 10.4. The minimum Gasteiger partial charge on any atom is -0.379 e. The maximum absolute atomic E-state index is 13.4. The van der Waals surface area contributed by atoms with E-state index in [2.05, 4.69) is 10.2 Å². The second-order valence-electron chi connectivity index (χ2n) is 7.65. The third kappa shape index (κ3) is 5.32. The van der Waals surface area contributed by atoms with E-state index in [4.69, 9.17) is 4.74 Å². The predicted octanol–water partition coefficient (Wildman–Crippen LogP) is 2.50. The molecule has 0 bridgehead atoms. The van der Waals surface area contributed by atoms with Crippen LogP contribution in [-0.2, 0) is 11.3 Å². The summed E-state index contributed by atoms with van der Waals surface area (Å²) in [6.07, 6.45) is 0.815. The van der Waals surface area contributed by atoms with Gasteiger partial charge < -0.3 is 10.1 Å². The van der Waals surface area contributed by atoms with Crippen molar-refractivity contribution >= 4 is 30.1 Å². The third-order valence-corrected chi connectivity index (χ3v) is 5.50. The van der Waals surface area contributed by atoms with Gasteiger partial charge in [0.05, 0.1) is 30.9 Å². The van der Waals surface area contributed by atoms with Crippen molar-refractivity contribution in [2.75, 3.05) is 39.4 Å². The summed E-state index contributed by atoms with van der Waals surface area (Å²) >= 11 is 0. The molecule has 1 fully saturated rings. The van der Waals surface area contributed by atoms with Crippen LogP contribution in [0.5, 0.6) is 0 Å². The number of nitrogens with zero attached hydrogens (tertiary/aromatic N) is 2. The number of benzene rings is 2. The van der Waals surface area contributed by atoms with Crippen LogP contribution in [0.25, 0.3) is 0 Å². The lowest BCUT2D eigenvalue weighted by atomic mass is 10.1. The van der Waals surface area contributed by atoms with Gasteiger partial charge in [-0.2, -0.15) is 0 Å². The van der Waals surface area contributed by atoms with E-state index < -0.39 is 17.6 Å². The third-order valence-electron chi connectivity index (χ3n) is 5.50. The van der Waals surface area contributed by atoms with Crippen LogP contribution >= 0.6 is 12.4 Å². The molecule has 7 nitrogen and oxygen atoms in total. The molecule has 0 unspecified atom stereocenters. The SMILES string of the molecule is Cl.O=C(NCCCN1CCOCC1)c1ccc2c(c1)C(=O)N(Cc1cccc(F)c1)C2=O. The zero-order chi connectivity index (χ0) is 21.8. The van der Waals surface area contributed by atoms with Crippen molar-refractivity contribution in [3.63, 3.8) is 0 Å². The second-order valence-corrected chi connectivity index (χ2v) is 7.65. The van der Waals surface area contributed by atoms with Crippen molar-refractivity contribution < 1.29 is 23.5 Å². The van der Waals surface area contributed by atoms with E-state index in [1.54, 1.807) is 12.1 Å². The summed E-state index contributed by atoms with van der Waals surface area (Å²) in [4.78, 5) is 41.3. The van der Waals surface area contributed by atoms with Gasteiger partial charge in [0.2, 0.25) is 0 Å². The van der Waals surface area contributed by atoms with Gasteiger partial charge in [-0.1, -0.05) is 12.1 Å². The molecule has 2 aliphatic heterocycles. The van der Waals surface area contributed by atoms with Gasteiger partial charge in [-0.15, -0.1) is 12.4 Å². The number of ether oxygens (including phenoxy) is 1. The first-order chi connectivity index (χ1) is 15.0. The molecule has 0 radical (unpaired) electrons. The molecule has 2 aromatic carbocycles. The van der Waals surface area contributed by atoms with Gasteiger partial charge in [-0.3, -0.25) is 24.2 Å². The average Bonchev–Trinajstić information content (AvgIpc) is 3.02. The Morgan fingerprint density at radius 2 is 1.78 bits per heavy atom. The van der Waals surface area contributed by atoms with Crippen LogP contribution < -0.4 is 5.32 Å². The van der Waals surface area contributed by atoms with E-state index in [-0.39, 0.29) is 36.0 Å². The standard InChI is InChI=1S/C23H24FN3O4.ClH/c24-18-4-1-3-16(13-18)15-27-22(29)19-6-5-17(14-20(19)23(27)30)21(28)25-7-2-8-26-9-11-31-12-10-26;/h1,3-6,13-14H,2,7-12,15H2,(H,25,28);1H. The molecule has 4 rings (SSSR count). The van der Waals surface area contributed by atoms with E-state index in [0.29, 0.717) is 17.7 Å². The van der Waals surface area contributed by atoms with Gasteiger partial charge >= 0.3 is 0 Å². The number of fused-ring (bicyclic) bond motifs is 1. The van der Waals surface area contributed by atoms with Gasteiger partial charge in [-0.05, 0) is 48.9 Å². The van der Waals surface area contributed by atoms with Gasteiger partial charge in [0.1, 0.15) is 5.82 Å². The summed E-state index contributed by atoms with van der Waals surface area (Å²) in [5.41, 5.74) is 1.30. The van der Waals surface area contributed by atoms with E-state index in [1.807, 2.05) is 0 Å². The average molecular weight is 462 g/mol. The molecule has 3 amide bonds. The van der Waals surface area contributed by atoms with Crippen LogP contribution in [0.1, 0.15) is 43.1 Å². The van der Waals surface area contributed by atoms with Crippen LogP contribution in [0.3, 0.4) is 0 Å². The lowest BCUT2D eigenvalue weighted by molar-refractivity contribution is 0.0374. The molecule has 0 spiro atoms. The lowest BCUT2D eigenvalue weighted by Gasteiger charge is -2.26. The predicted molar refractivity (Wildman–Crippen MR) is 119 cm³/mol. The minimum atomic E-state index is -0.480. The van der Waals surface area contributed by atoms with Crippen LogP contribution in [0.2, 0.25) is 0 Å². The number of imide groups is 1. The Morgan fingerprint density at radius 1 is 1.03 bits per heavy atom. The molecule has 170 valence electrons. The van der Waals surface area contributed by atoms with Crippen molar-refractivity contribution in [1.29, 1.82) is 0 Å². The van der Waals surface area contributed by atoms with Gasteiger partial charge in [0.25, 0.3) is 17.7 Å². The first kappa shape index (κ1) is 23.8. The van der Waals surface area contributed by atoms with Crippen molar-refractivity contribution in [2.24, 2.45) is 0 Å². The molecule has 2 heterocycles. The number of amides is 3. The van der Waals surface area contributed by atoms with E-state index >= 15 is 0 Å². The highest BCUT2D eigenvalue weighted by Crippen LogP contribution is 2.26. The molecular formula is C23H25ClFN3O4. The summed E-state index contributed by atoms with van der Waals surface area (Å²) in [7, 11) is 0. The number of nitrogens with one attached hydrogen (secondary N) is 1. The number of carbonyl (C=O) groups excluding carboxylic acids is 3. The number of hydrogen-bond acceptors (Lipinski definition) is 5. The molecular weight excluding hydrogens is 437 g/mol. The molecule has 1 saturated heterocycles. The molecule has 2 aromatic rings. The maximum Gasteiger partial charge on any atom is 0.261 e. The topological polar surface area (TPSA) is 79.0 Å². The quantitative estimate of drug-likeness (QED) is 0.506. The first-order valence-electron chi connectivity index (χ1n) is 10.4. The molecule has 1 N–H and O–H groups in total. The van der Waals surface area contributed by atoms with Crippen LogP contribution in [0, 0.1) is 5.82 Å². The van der Waals surface area contributed by atoms with Crippen LogP contribution in [-0.4, -0.2) is 66.9 Å². The van der Waals surface area contributed by atoms with Crippen molar-refractivity contribution in [3.8, 4) is 0 Å². The molecule has 32 heavy (non-hydrogen) atoms. The Bertz CT molecular complexity index is 1010. The smallest absolute Gasteiger partial charge is 0.261 e. The fraction of sp³-hybridized carbons (Fsp3) is 0.348. The Morgan fingerprint density at radius 3 is 2.53 bits per heavy atom. The molecule has 0 aromatic heterocycles. The fourth-order valence-electron chi connectivity index (χ4n) is 3.82. The fourth-order valence-corrected chi connectivity index (χ4v) is 3.82.